The number of carbonyl (C=O) groups is 1. The highest BCUT2D eigenvalue weighted by Gasteiger charge is 2.46. The SMILES string of the molecule is CC(=O)Oc1ccc(C2CN2S(=O)(=O)c2ccc(C)cn2)cc1. The van der Waals surface area contributed by atoms with Gasteiger partial charge in [0.15, 0.2) is 5.03 Å². The average Bonchev–Trinajstić information content (AvgIpc) is 3.29. The highest BCUT2D eigenvalue weighted by molar-refractivity contribution is 7.89. The minimum absolute atomic E-state index is 0.0575. The number of nitrogens with zero attached hydrogens (tertiary/aromatic N) is 2. The summed E-state index contributed by atoms with van der Waals surface area (Å²) in [6.07, 6.45) is 1.54. The lowest BCUT2D eigenvalue weighted by Gasteiger charge is -2.07. The van der Waals surface area contributed by atoms with Crippen LogP contribution in [0.1, 0.15) is 24.1 Å². The van der Waals surface area contributed by atoms with Crippen molar-refractivity contribution in [3.8, 4) is 5.75 Å². The molecular formula is C16H16N2O4S. The predicted octanol–water partition coefficient (Wildman–Crippen LogP) is 2.06. The van der Waals surface area contributed by atoms with E-state index in [1.54, 1.807) is 36.5 Å². The van der Waals surface area contributed by atoms with Crippen LogP contribution in [0, 0.1) is 6.92 Å². The molecule has 7 heteroatoms. The Hall–Kier alpha value is -2.25. The van der Waals surface area contributed by atoms with Gasteiger partial charge in [0.25, 0.3) is 10.0 Å². The third-order valence-electron chi connectivity index (χ3n) is 3.55. The smallest absolute Gasteiger partial charge is 0.308 e. The molecule has 2 heterocycles. The second kappa shape index (κ2) is 5.75. The average molecular weight is 332 g/mol. The Kier molecular flexibility index (Phi) is 3.91. The van der Waals surface area contributed by atoms with Gasteiger partial charge in [-0.25, -0.2) is 13.4 Å². The van der Waals surface area contributed by atoms with E-state index in [0.717, 1.165) is 11.1 Å². The van der Waals surface area contributed by atoms with Gasteiger partial charge >= 0.3 is 5.97 Å². The van der Waals surface area contributed by atoms with Crippen LogP contribution in [0.3, 0.4) is 0 Å². The minimum Gasteiger partial charge on any atom is -0.427 e. The molecule has 0 N–H and O–H groups in total. The van der Waals surface area contributed by atoms with Crippen molar-refractivity contribution in [1.29, 1.82) is 0 Å². The van der Waals surface area contributed by atoms with Gasteiger partial charge in [-0.1, -0.05) is 18.2 Å². The first-order chi connectivity index (χ1) is 10.9. The third-order valence-corrected chi connectivity index (χ3v) is 5.34. The Balaban J connectivity index is 1.76. The molecule has 1 aromatic carbocycles. The lowest BCUT2D eigenvalue weighted by molar-refractivity contribution is -0.131. The van der Waals surface area contributed by atoms with Crippen molar-refractivity contribution in [2.24, 2.45) is 0 Å². The van der Waals surface area contributed by atoms with Gasteiger partial charge in [-0.2, -0.15) is 4.31 Å². The highest BCUT2D eigenvalue weighted by Crippen LogP contribution is 2.40. The largest absolute Gasteiger partial charge is 0.427 e. The van der Waals surface area contributed by atoms with E-state index in [1.165, 1.54) is 17.3 Å². The van der Waals surface area contributed by atoms with Gasteiger partial charge in [0.1, 0.15) is 5.75 Å². The normalized spacial score (nSPS) is 20.1. The molecule has 0 amide bonds. The number of aromatic nitrogens is 1. The summed E-state index contributed by atoms with van der Waals surface area (Å²) in [5, 5.41) is 0.0575. The molecule has 0 aliphatic carbocycles. The second-order valence-electron chi connectivity index (χ2n) is 5.43. The summed E-state index contributed by atoms with van der Waals surface area (Å²) >= 11 is 0. The molecule has 120 valence electrons. The van der Waals surface area contributed by atoms with E-state index in [0.29, 0.717) is 12.3 Å². The van der Waals surface area contributed by atoms with Crippen molar-refractivity contribution in [3.63, 3.8) is 0 Å². The van der Waals surface area contributed by atoms with Crippen LogP contribution in [0.25, 0.3) is 0 Å². The van der Waals surface area contributed by atoms with Gasteiger partial charge < -0.3 is 4.74 Å². The quantitative estimate of drug-likeness (QED) is 0.487. The number of rotatable bonds is 4. The zero-order valence-corrected chi connectivity index (χ0v) is 13.6. The van der Waals surface area contributed by atoms with E-state index in [2.05, 4.69) is 4.98 Å². The zero-order valence-electron chi connectivity index (χ0n) is 12.8. The van der Waals surface area contributed by atoms with Gasteiger partial charge in [-0.05, 0) is 36.2 Å². The van der Waals surface area contributed by atoms with Crippen molar-refractivity contribution in [3.05, 3.63) is 53.7 Å². The molecule has 1 aromatic heterocycles. The summed E-state index contributed by atoms with van der Waals surface area (Å²) in [4.78, 5) is 14.9. The van der Waals surface area contributed by atoms with E-state index in [1.807, 2.05) is 6.92 Å². The van der Waals surface area contributed by atoms with Gasteiger partial charge in [0.2, 0.25) is 0 Å². The fourth-order valence-corrected chi connectivity index (χ4v) is 3.77. The first-order valence-corrected chi connectivity index (χ1v) is 8.55. The van der Waals surface area contributed by atoms with Crippen LogP contribution < -0.4 is 4.74 Å². The number of sulfonamides is 1. The summed E-state index contributed by atoms with van der Waals surface area (Å²) in [5.41, 5.74) is 1.77. The molecule has 0 bridgehead atoms. The Morgan fingerprint density at radius 3 is 2.48 bits per heavy atom. The first-order valence-electron chi connectivity index (χ1n) is 7.11. The third kappa shape index (κ3) is 3.25. The second-order valence-corrected chi connectivity index (χ2v) is 7.26. The van der Waals surface area contributed by atoms with Crippen molar-refractivity contribution >= 4 is 16.0 Å². The van der Waals surface area contributed by atoms with Crippen LogP contribution in [-0.2, 0) is 14.8 Å². The number of benzene rings is 1. The Labute approximate surface area is 134 Å². The van der Waals surface area contributed by atoms with E-state index < -0.39 is 10.0 Å². The highest BCUT2D eigenvalue weighted by atomic mass is 32.2. The van der Waals surface area contributed by atoms with Gasteiger partial charge in [-0.3, -0.25) is 4.79 Å². The number of esters is 1. The van der Waals surface area contributed by atoms with Gasteiger partial charge in [0.05, 0.1) is 6.04 Å². The summed E-state index contributed by atoms with van der Waals surface area (Å²) in [7, 11) is -3.57. The number of ether oxygens (including phenoxy) is 1. The van der Waals surface area contributed by atoms with E-state index in [-0.39, 0.29) is 17.0 Å². The van der Waals surface area contributed by atoms with Crippen LogP contribution >= 0.6 is 0 Å². The van der Waals surface area contributed by atoms with Crippen LogP contribution in [0.5, 0.6) is 5.75 Å². The molecular weight excluding hydrogens is 316 g/mol. The topological polar surface area (TPSA) is 76.3 Å². The monoisotopic (exact) mass is 332 g/mol. The molecule has 0 spiro atoms. The van der Waals surface area contributed by atoms with E-state index >= 15 is 0 Å². The van der Waals surface area contributed by atoms with Crippen LogP contribution in [0.15, 0.2) is 47.6 Å². The fourth-order valence-electron chi connectivity index (χ4n) is 2.31. The molecule has 1 fully saturated rings. The summed E-state index contributed by atoms with van der Waals surface area (Å²) in [5.74, 6) is 0.0512. The van der Waals surface area contributed by atoms with Crippen molar-refractivity contribution in [2.45, 2.75) is 24.9 Å². The zero-order chi connectivity index (χ0) is 16.6. The van der Waals surface area contributed by atoms with Crippen LogP contribution in [0.2, 0.25) is 0 Å². The minimum atomic E-state index is -3.57. The number of pyridine rings is 1. The molecule has 1 aliphatic heterocycles. The fraction of sp³-hybridized carbons (Fsp3) is 0.250. The Bertz CT molecular complexity index is 829. The molecule has 3 rings (SSSR count). The predicted molar refractivity (Wildman–Crippen MR) is 83.4 cm³/mol. The molecule has 1 saturated heterocycles. The lowest BCUT2D eigenvalue weighted by atomic mass is 10.1. The summed E-state index contributed by atoms with van der Waals surface area (Å²) < 4.78 is 31.3. The molecule has 0 radical (unpaired) electrons. The molecule has 2 aromatic rings. The molecule has 2 unspecified atom stereocenters. The standard InChI is InChI=1S/C16H16N2O4S/c1-11-3-8-16(17-9-11)23(20,21)18-10-15(18)13-4-6-14(7-5-13)22-12(2)19/h3-9,15H,10H2,1-2H3. The van der Waals surface area contributed by atoms with Crippen molar-refractivity contribution in [1.82, 2.24) is 9.29 Å². The maximum atomic E-state index is 12.5. The van der Waals surface area contributed by atoms with E-state index in [4.69, 9.17) is 4.74 Å². The lowest BCUT2D eigenvalue weighted by Crippen LogP contribution is -2.14. The number of hydrogen-bond acceptors (Lipinski definition) is 5. The van der Waals surface area contributed by atoms with Crippen LogP contribution in [0.4, 0.5) is 0 Å². The number of carbonyl (C=O) groups excluding carboxylic acids is 1. The van der Waals surface area contributed by atoms with Crippen molar-refractivity contribution in [2.75, 3.05) is 6.54 Å². The van der Waals surface area contributed by atoms with Gasteiger partial charge in [-0.15, -0.1) is 0 Å². The Morgan fingerprint density at radius 1 is 1.22 bits per heavy atom. The molecule has 6 nitrogen and oxygen atoms in total. The van der Waals surface area contributed by atoms with E-state index in [9.17, 15) is 13.2 Å². The maximum Gasteiger partial charge on any atom is 0.308 e. The molecule has 1 aliphatic rings. The number of aryl methyl sites for hydroxylation is 1. The molecule has 0 saturated carbocycles. The molecule has 2 atom stereocenters. The van der Waals surface area contributed by atoms with Crippen molar-refractivity contribution < 1.29 is 17.9 Å². The maximum absolute atomic E-state index is 12.5. The molecule has 23 heavy (non-hydrogen) atoms. The van der Waals surface area contributed by atoms with Crippen LogP contribution in [-0.4, -0.2) is 30.2 Å². The summed E-state index contributed by atoms with van der Waals surface area (Å²) in [6.45, 7) is 3.61. The summed E-state index contributed by atoms with van der Waals surface area (Å²) in [6, 6.07) is 9.89. The first kappa shape index (κ1) is 15.6. The number of hydrogen-bond donors (Lipinski definition) is 0. The van der Waals surface area contributed by atoms with Gasteiger partial charge in [0, 0.05) is 19.7 Å². The Morgan fingerprint density at radius 2 is 1.91 bits per heavy atom.